The molecule has 182 valence electrons. The van der Waals surface area contributed by atoms with Crippen molar-refractivity contribution in [2.75, 3.05) is 19.7 Å². The van der Waals surface area contributed by atoms with Crippen LogP contribution in [0.5, 0.6) is 5.75 Å². The van der Waals surface area contributed by atoms with Gasteiger partial charge in [-0.05, 0) is 25.1 Å². The lowest BCUT2D eigenvalue weighted by atomic mass is 9.79. The molecule has 1 fully saturated rings. The third-order valence-electron chi connectivity index (χ3n) is 5.41. The maximum Gasteiger partial charge on any atom is 0.534 e. The van der Waals surface area contributed by atoms with Gasteiger partial charge in [0.1, 0.15) is 5.75 Å². The highest BCUT2D eigenvalue weighted by Gasteiger charge is 2.49. The number of aliphatic hydroxyl groups is 2. The molecule has 1 heterocycles. The topological polar surface area (TPSA) is 121 Å². The summed E-state index contributed by atoms with van der Waals surface area (Å²) in [6, 6.07) is 10.9. The number of rotatable bonds is 6. The fraction of sp³-hybridized carbons (Fsp3) is 0.400. The van der Waals surface area contributed by atoms with Gasteiger partial charge >= 0.3 is 15.6 Å². The summed E-state index contributed by atoms with van der Waals surface area (Å²) < 4.78 is 92.7. The van der Waals surface area contributed by atoms with Crippen LogP contribution in [0.4, 0.5) is 13.2 Å². The molecule has 1 saturated heterocycles. The maximum absolute atomic E-state index is 13.0. The molecule has 13 heteroatoms. The first-order valence-electron chi connectivity index (χ1n) is 9.73. The molecule has 0 unspecified atom stereocenters. The number of piperidine rings is 1. The summed E-state index contributed by atoms with van der Waals surface area (Å²) in [6.07, 6.45) is -1.46. The van der Waals surface area contributed by atoms with Crippen molar-refractivity contribution in [2.24, 2.45) is 5.92 Å². The first-order chi connectivity index (χ1) is 15.3. The summed E-state index contributed by atoms with van der Waals surface area (Å²) in [6.45, 7) is 0.487. The third kappa shape index (κ3) is 5.17. The van der Waals surface area contributed by atoms with Gasteiger partial charge in [0.25, 0.3) is 0 Å². The van der Waals surface area contributed by atoms with Crippen molar-refractivity contribution in [3.63, 3.8) is 0 Å². The Kier molecular flexibility index (Phi) is 7.10. The molecule has 2 aromatic carbocycles. The second kappa shape index (κ2) is 9.22. The van der Waals surface area contributed by atoms with Crippen LogP contribution in [0.2, 0.25) is 0 Å². The highest BCUT2D eigenvalue weighted by atomic mass is 32.2. The average molecular weight is 510 g/mol. The smallest absolute Gasteiger partial charge is 0.396 e. The molecule has 1 aliphatic heterocycles. The van der Waals surface area contributed by atoms with Crippen molar-refractivity contribution in [1.29, 1.82) is 0 Å². The van der Waals surface area contributed by atoms with E-state index >= 15 is 0 Å². The van der Waals surface area contributed by atoms with Crippen molar-refractivity contribution in [2.45, 2.75) is 29.3 Å². The van der Waals surface area contributed by atoms with E-state index in [0.717, 1.165) is 15.9 Å². The fourth-order valence-electron chi connectivity index (χ4n) is 3.77. The van der Waals surface area contributed by atoms with Crippen LogP contribution in [0.1, 0.15) is 17.0 Å². The summed E-state index contributed by atoms with van der Waals surface area (Å²) in [4.78, 5) is -0.0181. The zero-order valence-electron chi connectivity index (χ0n) is 17.3. The quantitative estimate of drug-likeness (QED) is 0.451. The first kappa shape index (κ1) is 25.4. The second-order valence-corrected chi connectivity index (χ2v) is 11.2. The van der Waals surface area contributed by atoms with Crippen molar-refractivity contribution in [3.05, 3.63) is 59.7 Å². The Bertz CT molecular complexity index is 1200. The summed E-state index contributed by atoms with van der Waals surface area (Å²) in [5.74, 6) is -2.70. The van der Waals surface area contributed by atoms with E-state index in [1.54, 1.807) is 19.1 Å². The Labute approximate surface area is 189 Å². The number of para-hydroxylation sites is 1. The summed E-state index contributed by atoms with van der Waals surface area (Å²) in [7, 11) is -10.0. The van der Waals surface area contributed by atoms with Crippen molar-refractivity contribution >= 4 is 20.1 Å². The summed E-state index contributed by atoms with van der Waals surface area (Å²) >= 11 is 0. The fourth-order valence-corrected chi connectivity index (χ4v) is 5.77. The van der Waals surface area contributed by atoms with Gasteiger partial charge in [-0.25, -0.2) is 8.42 Å². The number of alkyl halides is 3. The molecule has 0 aromatic heterocycles. The molecule has 2 aromatic rings. The van der Waals surface area contributed by atoms with Gasteiger partial charge in [-0.1, -0.05) is 35.9 Å². The minimum atomic E-state index is -5.98. The van der Waals surface area contributed by atoms with E-state index < -0.39 is 62.5 Å². The maximum atomic E-state index is 13.0. The molecule has 8 nitrogen and oxygen atoms in total. The van der Waals surface area contributed by atoms with Crippen LogP contribution in [-0.4, -0.2) is 62.7 Å². The van der Waals surface area contributed by atoms with Crippen molar-refractivity contribution < 1.29 is 44.4 Å². The molecule has 0 saturated carbocycles. The zero-order chi connectivity index (χ0) is 24.6. The minimum absolute atomic E-state index is 0.0181. The Hall–Kier alpha value is -2.19. The third-order valence-corrected chi connectivity index (χ3v) is 8.22. The largest absolute Gasteiger partial charge is 0.534 e. The zero-order valence-corrected chi connectivity index (χ0v) is 18.9. The highest BCUT2D eigenvalue weighted by Crippen LogP contribution is 2.40. The Morgan fingerprint density at radius 3 is 2.21 bits per heavy atom. The Morgan fingerprint density at radius 2 is 1.64 bits per heavy atom. The minimum Gasteiger partial charge on any atom is -0.396 e. The second-order valence-electron chi connectivity index (χ2n) is 7.69. The van der Waals surface area contributed by atoms with Crippen LogP contribution >= 0.6 is 0 Å². The van der Waals surface area contributed by atoms with Gasteiger partial charge in [0, 0.05) is 37.1 Å². The van der Waals surface area contributed by atoms with Gasteiger partial charge in [-0.2, -0.15) is 25.9 Å². The Balaban J connectivity index is 1.94. The van der Waals surface area contributed by atoms with E-state index in [4.69, 9.17) is 0 Å². The molecule has 0 spiro atoms. The van der Waals surface area contributed by atoms with Gasteiger partial charge in [-0.15, -0.1) is 0 Å². The van der Waals surface area contributed by atoms with Crippen molar-refractivity contribution in [1.82, 2.24) is 4.31 Å². The van der Waals surface area contributed by atoms with Crippen LogP contribution in [0.15, 0.2) is 53.4 Å². The van der Waals surface area contributed by atoms with Crippen LogP contribution < -0.4 is 4.18 Å². The molecule has 1 aliphatic rings. The Morgan fingerprint density at radius 1 is 1.03 bits per heavy atom. The van der Waals surface area contributed by atoms with E-state index in [1.165, 1.54) is 30.3 Å². The lowest BCUT2D eigenvalue weighted by Crippen LogP contribution is -2.51. The number of sulfonamides is 1. The molecular formula is C20H22F3NO7S2. The molecule has 3 atom stereocenters. The molecule has 0 aliphatic carbocycles. The number of benzene rings is 2. The predicted octanol–water partition coefficient (Wildman–Crippen LogP) is 1.98. The molecule has 0 amide bonds. The van der Waals surface area contributed by atoms with Crippen LogP contribution in [0.25, 0.3) is 0 Å². The van der Waals surface area contributed by atoms with E-state index in [-0.39, 0.29) is 17.0 Å². The molecular weight excluding hydrogens is 487 g/mol. The normalized spacial score (nSPS) is 22.8. The van der Waals surface area contributed by atoms with E-state index in [9.17, 15) is 40.2 Å². The van der Waals surface area contributed by atoms with Gasteiger partial charge < -0.3 is 14.4 Å². The van der Waals surface area contributed by atoms with Gasteiger partial charge in [0.05, 0.1) is 11.0 Å². The van der Waals surface area contributed by atoms with Crippen LogP contribution in [0.3, 0.4) is 0 Å². The number of β-amino-alcohol motifs (C(OH)–C–C–N with tert-alkyl or cyclic N) is 1. The molecule has 2 N–H and O–H groups in total. The predicted molar refractivity (Wildman–Crippen MR) is 111 cm³/mol. The number of aryl methyl sites for hydroxylation is 1. The summed E-state index contributed by atoms with van der Waals surface area (Å²) in [5, 5.41) is 20.7. The lowest BCUT2D eigenvalue weighted by molar-refractivity contribution is -0.0501. The summed E-state index contributed by atoms with van der Waals surface area (Å²) in [5.41, 5.74) is -4.92. The van der Waals surface area contributed by atoms with Gasteiger partial charge in [0.15, 0.2) is 0 Å². The van der Waals surface area contributed by atoms with Crippen molar-refractivity contribution in [3.8, 4) is 5.75 Å². The standard InChI is InChI=1S/C20H22F3NO7S2/c1-13-6-8-15(9-7-13)32(27,28)24-10-14(12-25)19(17(26)11-24)16-4-2-3-5-18(16)31-33(29,30)20(21,22)23/h2-9,14,17,19,25-26H,10-12H2,1H3/t14-,17-,19+/m1/s1. The number of halogens is 3. The van der Waals surface area contributed by atoms with Gasteiger partial charge in [-0.3, -0.25) is 0 Å². The van der Waals surface area contributed by atoms with E-state index in [0.29, 0.717) is 0 Å². The number of nitrogens with zero attached hydrogens (tertiary/aromatic N) is 1. The SMILES string of the molecule is Cc1ccc(S(=O)(=O)N2C[C@H](CO)[C@@H](c3ccccc3OS(=O)(=O)C(F)(F)F)[C@H](O)C2)cc1. The molecule has 33 heavy (non-hydrogen) atoms. The molecule has 3 rings (SSSR count). The average Bonchev–Trinajstić information content (AvgIpc) is 2.73. The van der Waals surface area contributed by atoms with Gasteiger partial charge in [0.2, 0.25) is 10.0 Å². The van der Waals surface area contributed by atoms with Crippen LogP contribution in [0, 0.1) is 12.8 Å². The van der Waals surface area contributed by atoms with E-state index in [1.807, 2.05) is 0 Å². The van der Waals surface area contributed by atoms with Crippen LogP contribution in [-0.2, 0) is 20.1 Å². The number of hydrogen-bond acceptors (Lipinski definition) is 7. The monoisotopic (exact) mass is 509 g/mol. The highest BCUT2D eigenvalue weighted by molar-refractivity contribution is 7.89. The first-order valence-corrected chi connectivity index (χ1v) is 12.6. The number of hydrogen-bond donors (Lipinski definition) is 2. The lowest BCUT2D eigenvalue weighted by Gasteiger charge is -2.41. The molecule has 0 bridgehead atoms. The molecule has 0 radical (unpaired) electrons. The number of aliphatic hydroxyl groups excluding tert-OH is 2. The van der Waals surface area contributed by atoms with E-state index in [2.05, 4.69) is 4.18 Å².